The van der Waals surface area contributed by atoms with Gasteiger partial charge in [-0.25, -0.2) is 0 Å². The van der Waals surface area contributed by atoms with Crippen molar-refractivity contribution in [3.8, 4) is 11.5 Å². The lowest BCUT2D eigenvalue weighted by atomic mass is 10.1. The third-order valence-corrected chi connectivity index (χ3v) is 2.21. The van der Waals surface area contributed by atoms with Crippen molar-refractivity contribution < 1.29 is 14.4 Å². The smallest absolute Gasteiger partial charge is 0.282 e. The van der Waals surface area contributed by atoms with Crippen molar-refractivity contribution in [3.63, 3.8) is 0 Å². The fourth-order valence-electron chi connectivity index (χ4n) is 1.47. The van der Waals surface area contributed by atoms with Crippen LogP contribution in [0.2, 0.25) is 0 Å². The van der Waals surface area contributed by atoms with E-state index in [1.165, 1.54) is 25.5 Å². The van der Waals surface area contributed by atoms with E-state index in [1.807, 2.05) is 13.8 Å². The molecule has 0 saturated heterocycles. The number of methoxy groups -OCH3 is 1. The number of hydrazone groups is 1. The summed E-state index contributed by atoms with van der Waals surface area (Å²) >= 11 is 0. The van der Waals surface area contributed by atoms with Gasteiger partial charge in [0, 0.05) is 7.05 Å². The van der Waals surface area contributed by atoms with Crippen LogP contribution in [0.3, 0.4) is 0 Å². The average molecular weight is 267 g/mol. The maximum absolute atomic E-state index is 11.0. The van der Waals surface area contributed by atoms with E-state index in [4.69, 9.17) is 9.47 Å². The molecular weight excluding hydrogens is 250 g/mol. The Bertz CT molecular complexity index is 486. The molecule has 1 N–H and O–H groups in total. The zero-order chi connectivity index (χ0) is 14.4. The molecule has 7 nitrogen and oxygen atoms in total. The predicted octanol–water partition coefficient (Wildman–Crippen LogP) is 1.94. The molecule has 1 aromatic rings. The number of hydrogen-bond acceptors (Lipinski definition) is 6. The minimum absolute atomic E-state index is 0.0653. The van der Waals surface area contributed by atoms with Crippen molar-refractivity contribution in [3.05, 3.63) is 27.8 Å². The molecule has 0 radical (unpaired) electrons. The molecule has 0 unspecified atom stereocenters. The summed E-state index contributed by atoms with van der Waals surface area (Å²) in [4.78, 5) is 10.5. The summed E-state index contributed by atoms with van der Waals surface area (Å²) in [7, 11) is 3.05. The number of nitro benzene ring substituents is 1. The van der Waals surface area contributed by atoms with Crippen molar-refractivity contribution in [2.45, 2.75) is 20.0 Å². The van der Waals surface area contributed by atoms with Crippen LogP contribution in [0.1, 0.15) is 19.4 Å². The van der Waals surface area contributed by atoms with Crippen LogP contribution < -0.4 is 14.9 Å². The molecule has 0 saturated carbocycles. The molecule has 0 aliphatic heterocycles. The summed E-state index contributed by atoms with van der Waals surface area (Å²) in [6, 6.07) is 2.87. The first-order valence-corrected chi connectivity index (χ1v) is 5.72. The topological polar surface area (TPSA) is 86.0 Å². The van der Waals surface area contributed by atoms with Crippen LogP contribution in [0, 0.1) is 10.1 Å². The summed E-state index contributed by atoms with van der Waals surface area (Å²) in [5, 5.41) is 14.8. The number of rotatable bonds is 6. The highest BCUT2D eigenvalue weighted by Crippen LogP contribution is 2.34. The van der Waals surface area contributed by atoms with Crippen LogP contribution in [0.15, 0.2) is 17.2 Å². The predicted molar refractivity (Wildman–Crippen MR) is 72.1 cm³/mol. The molecule has 0 fully saturated rings. The van der Waals surface area contributed by atoms with E-state index >= 15 is 0 Å². The summed E-state index contributed by atoms with van der Waals surface area (Å²) in [6.45, 7) is 3.73. The van der Waals surface area contributed by atoms with Gasteiger partial charge in [0.1, 0.15) is 0 Å². The van der Waals surface area contributed by atoms with E-state index in [0.717, 1.165) is 0 Å². The van der Waals surface area contributed by atoms with E-state index in [-0.39, 0.29) is 11.8 Å². The SMILES string of the molecule is CNN=Cc1cc(OC(C)C)c(OC)cc1[N+](=O)[O-]. The number of nitrogens with zero attached hydrogens (tertiary/aromatic N) is 2. The Balaban J connectivity index is 3.33. The third-order valence-electron chi connectivity index (χ3n) is 2.21. The molecule has 0 bridgehead atoms. The van der Waals surface area contributed by atoms with Crippen LogP contribution in [0.25, 0.3) is 0 Å². The first-order chi connectivity index (χ1) is 8.99. The molecule has 19 heavy (non-hydrogen) atoms. The van der Waals surface area contributed by atoms with Gasteiger partial charge in [-0.3, -0.25) is 10.1 Å². The molecule has 1 aromatic carbocycles. The minimum atomic E-state index is -0.487. The average Bonchev–Trinajstić information content (AvgIpc) is 2.35. The number of benzene rings is 1. The fourth-order valence-corrected chi connectivity index (χ4v) is 1.47. The Kier molecular flexibility index (Phi) is 5.11. The number of nitrogens with one attached hydrogen (secondary N) is 1. The quantitative estimate of drug-likeness (QED) is 0.483. The van der Waals surface area contributed by atoms with Crippen LogP contribution in [0.4, 0.5) is 5.69 Å². The van der Waals surface area contributed by atoms with Crippen molar-refractivity contribution >= 4 is 11.9 Å². The van der Waals surface area contributed by atoms with Gasteiger partial charge >= 0.3 is 0 Å². The molecule has 104 valence electrons. The molecular formula is C12H17N3O4. The molecule has 0 spiro atoms. The molecule has 0 aliphatic rings. The zero-order valence-corrected chi connectivity index (χ0v) is 11.3. The Labute approximate surface area is 111 Å². The van der Waals surface area contributed by atoms with Crippen molar-refractivity contribution in [1.29, 1.82) is 0 Å². The Morgan fingerprint density at radius 3 is 2.58 bits per heavy atom. The molecule has 0 aliphatic carbocycles. The Morgan fingerprint density at radius 2 is 2.11 bits per heavy atom. The summed E-state index contributed by atoms with van der Waals surface area (Å²) in [5.74, 6) is 0.766. The summed E-state index contributed by atoms with van der Waals surface area (Å²) in [5.41, 5.74) is 2.80. The zero-order valence-electron chi connectivity index (χ0n) is 11.3. The second kappa shape index (κ2) is 6.58. The highest BCUT2D eigenvalue weighted by atomic mass is 16.6. The number of ether oxygens (including phenoxy) is 2. The lowest BCUT2D eigenvalue weighted by Gasteiger charge is -2.14. The Morgan fingerprint density at radius 1 is 1.42 bits per heavy atom. The van der Waals surface area contributed by atoms with Gasteiger partial charge in [-0.05, 0) is 19.9 Å². The van der Waals surface area contributed by atoms with E-state index < -0.39 is 4.92 Å². The second-order valence-electron chi connectivity index (χ2n) is 3.97. The molecule has 0 heterocycles. The first kappa shape index (κ1) is 14.7. The van der Waals surface area contributed by atoms with Gasteiger partial charge in [-0.2, -0.15) is 5.10 Å². The fraction of sp³-hybridized carbons (Fsp3) is 0.417. The molecule has 7 heteroatoms. The molecule has 1 rings (SSSR count). The largest absolute Gasteiger partial charge is 0.493 e. The van der Waals surface area contributed by atoms with Gasteiger partial charge in [0.2, 0.25) is 0 Å². The Hall–Kier alpha value is -2.31. The van der Waals surface area contributed by atoms with Crippen LogP contribution in [0.5, 0.6) is 11.5 Å². The molecule has 0 amide bonds. The third kappa shape index (κ3) is 3.84. The van der Waals surface area contributed by atoms with Crippen LogP contribution >= 0.6 is 0 Å². The van der Waals surface area contributed by atoms with Gasteiger partial charge in [0.25, 0.3) is 5.69 Å². The van der Waals surface area contributed by atoms with Gasteiger partial charge in [0.05, 0.1) is 36.0 Å². The number of hydrogen-bond donors (Lipinski definition) is 1. The van der Waals surface area contributed by atoms with E-state index in [1.54, 1.807) is 7.05 Å². The standard InChI is InChI=1S/C12H17N3O4/c1-8(2)19-12-5-9(7-14-13-3)10(15(16)17)6-11(12)18-4/h5-8,13H,1-4H3. The van der Waals surface area contributed by atoms with Crippen LogP contribution in [-0.2, 0) is 0 Å². The van der Waals surface area contributed by atoms with Crippen molar-refractivity contribution in [2.24, 2.45) is 5.10 Å². The van der Waals surface area contributed by atoms with Gasteiger partial charge in [-0.1, -0.05) is 0 Å². The maximum Gasteiger partial charge on any atom is 0.282 e. The first-order valence-electron chi connectivity index (χ1n) is 5.72. The van der Waals surface area contributed by atoms with E-state index in [2.05, 4.69) is 10.5 Å². The lowest BCUT2D eigenvalue weighted by molar-refractivity contribution is -0.385. The van der Waals surface area contributed by atoms with Crippen LogP contribution in [-0.4, -0.2) is 31.4 Å². The minimum Gasteiger partial charge on any atom is -0.493 e. The monoisotopic (exact) mass is 267 g/mol. The normalized spacial score (nSPS) is 10.8. The van der Waals surface area contributed by atoms with Crippen molar-refractivity contribution in [2.75, 3.05) is 14.2 Å². The summed E-state index contributed by atoms with van der Waals surface area (Å²) in [6.07, 6.45) is 1.30. The highest BCUT2D eigenvalue weighted by molar-refractivity contribution is 5.86. The second-order valence-corrected chi connectivity index (χ2v) is 3.97. The summed E-state index contributed by atoms with van der Waals surface area (Å²) < 4.78 is 10.7. The number of nitro groups is 1. The van der Waals surface area contributed by atoms with E-state index in [0.29, 0.717) is 17.1 Å². The maximum atomic E-state index is 11.0. The van der Waals surface area contributed by atoms with Gasteiger partial charge in [0.15, 0.2) is 11.5 Å². The van der Waals surface area contributed by atoms with Crippen molar-refractivity contribution in [1.82, 2.24) is 5.43 Å². The lowest BCUT2D eigenvalue weighted by Crippen LogP contribution is -2.08. The molecule has 0 aromatic heterocycles. The van der Waals surface area contributed by atoms with E-state index in [9.17, 15) is 10.1 Å². The highest BCUT2D eigenvalue weighted by Gasteiger charge is 2.19. The molecule has 0 atom stereocenters. The van der Waals surface area contributed by atoms with Gasteiger partial charge in [-0.15, -0.1) is 0 Å². The van der Waals surface area contributed by atoms with Gasteiger partial charge < -0.3 is 14.9 Å².